The van der Waals surface area contributed by atoms with Gasteiger partial charge in [0.05, 0.1) is 16.8 Å². The van der Waals surface area contributed by atoms with Crippen LogP contribution in [0, 0.1) is 12.7 Å². The van der Waals surface area contributed by atoms with Crippen LogP contribution in [-0.2, 0) is 12.2 Å². The Bertz CT molecular complexity index is 1630. The number of nitrogens with one attached hydrogen (secondary N) is 2. The number of halogens is 3. The van der Waals surface area contributed by atoms with Gasteiger partial charge in [0.1, 0.15) is 5.82 Å². The zero-order chi connectivity index (χ0) is 28.8. The second-order valence-electron chi connectivity index (χ2n) is 9.39. The average molecular weight is 607 g/mol. The Labute approximate surface area is 251 Å². The molecule has 0 fully saturated rings. The maximum absolute atomic E-state index is 13.4. The Morgan fingerprint density at radius 1 is 0.927 bits per heavy atom. The van der Waals surface area contributed by atoms with E-state index in [9.17, 15) is 9.18 Å². The van der Waals surface area contributed by atoms with Crippen molar-refractivity contribution >= 4 is 46.7 Å². The number of hydrogen-bond donors (Lipinski definition) is 2. The number of anilines is 1. The number of urea groups is 1. The number of hydrogen-bond acceptors (Lipinski definition) is 4. The van der Waals surface area contributed by atoms with E-state index in [0.29, 0.717) is 44.6 Å². The van der Waals surface area contributed by atoms with Crippen LogP contribution >= 0.6 is 35.0 Å². The summed E-state index contributed by atoms with van der Waals surface area (Å²) in [6.07, 6.45) is 0.453. The third kappa shape index (κ3) is 7.47. The largest absolute Gasteiger partial charge is 0.327 e. The van der Waals surface area contributed by atoms with E-state index in [1.54, 1.807) is 30.3 Å². The molecule has 0 radical (unpaired) electrons. The highest BCUT2D eigenvalue weighted by atomic mass is 35.5. The zero-order valence-electron chi connectivity index (χ0n) is 22.0. The molecule has 5 aromatic rings. The molecule has 6 nitrogen and oxygen atoms in total. The number of carbonyl (C=O) groups is 1. The molecule has 4 aromatic carbocycles. The first kappa shape index (κ1) is 28.7. The van der Waals surface area contributed by atoms with Crippen LogP contribution in [0.5, 0.6) is 0 Å². The number of nitrogens with zero attached hydrogens (tertiary/aromatic N) is 3. The Kier molecular flexibility index (Phi) is 9.24. The molecule has 2 N–H and O–H groups in total. The number of aryl methyl sites for hydroxylation is 1. The van der Waals surface area contributed by atoms with Crippen LogP contribution in [0.4, 0.5) is 14.9 Å². The molecule has 0 saturated carbocycles. The third-order valence-corrected chi connectivity index (χ3v) is 7.84. The van der Waals surface area contributed by atoms with Gasteiger partial charge in [-0.3, -0.25) is 4.57 Å². The monoisotopic (exact) mass is 605 g/mol. The number of aromatic nitrogens is 3. The smallest absolute Gasteiger partial charge is 0.319 e. The van der Waals surface area contributed by atoms with Crippen molar-refractivity contribution in [3.63, 3.8) is 0 Å². The molecule has 1 aromatic heterocycles. The van der Waals surface area contributed by atoms with E-state index >= 15 is 0 Å². The summed E-state index contributed by atoms with van der Waals surface area (Å²) in [4.78, 5) is 13.2. The number of thioether (sulfide) groups is 1. The number of carbonyl (C=O) groups excluding carboxylic acids is 1. The lowest BCUT2D eigenvalue weighted by molar-refractivity contribution is 0.247. The SMILES string of the molecule is Cc1ccc(NC(=O)NC(Cc2ccccc2)c2nnc(SCc3ccc(F)cc3)n2-c2ccc(Cl)cc2Cl)cc1. The summed E-state index contributed by atoms with van der Waals surface area (Å²) < 4.78 is 15.3. The Morgan fingerprint density at radius 3 is 2.37 bits per heavy atom. The van der Waals surface area contributed by atoms with E-state index in [4.69, 9.17) is 23.2 Å². The topological polar surface area (TPSA) is 71.8 Å². The number of benzene rings is 4. The summed E-state index contributed by atoms with van der Waals surface area (Å²) in [7, 11) is 0. The standard InChI is InChI=1S/C31H26Cl2FN5OS/c1-20-7-14-25(15-8-20)35-30(40)36-27(17-21-5-3-2-4-6-21)29-37-38-31(41-19-22-9-12-24(34)13-10-22)39(29)28-16-11-23(32)18-26(28)33/h2-16,18,27H,17,19H2,1H3,(H2,35,36,40). The lowest BCUT2D eigenvalue weighted by Crippen LogP contribution is -2.35. The highest BCUT2D eigenvalue weighted by molar-refractivity contribution is 7.98. The summed E-state index contributed by atoms with van der Waals surface area (Å²) in [5.41, 5.74) is 4.31. The van der Waals surface area contributed by atoms with Gasteiger partial charge in [-0.05, 0) is 60.5 Å². The molecule has 0 aliphatic carbocycles. The van der Waals surface area contributed by atoms with Crippen LogP contribution in [-0.4, -0.2) is 20.8 Å². The quantitative estimate of drug-likeness (QED) is 0.165. The van der Waals surface area contributed by atoms with Crippen molar-refractivity contribution in [2.24, 2.45) is 0 Å². The Morgan fingerprint density at radius 2 is 1.66 bits per heavy atom. The van der Waals surface area contributed by atoms with E-state index in [1.165, 1.54) is 23.9 Å². The molecule has 2 amide bonds. The van der Waals surface area contributed by atoms with Gasteiger partial charge in [-0.2, -0.15) is 0 Å². The van der Waals surface area contributed by atoms with Gasteiger partial charge in [-0.1, -0.05) is 95.1 Å². The summed E-state index contributed by atoms with van der Waals surface area (Å²) in [5, 5.41) is 16.5. The van der Waals surface area contributed by atoms with Gasteiger partial charge < -0.3 is 10.6 Å². The van der Waals surface area contributed by atoms with E-state index in [1.807, 2.05) is 66.1 Å². The predicted octanol–water partition coefficient (Wildman–Crippen LogP) is 8.42. The van der Waals surface area contributed by atoms with Crippen molar-refractivity contribution in [2.45, 2.75) is 30.3 Å². The van der Waals surface area contributed by atoms with E-state index < -0.39 is 6.04 Å². The minimum atomic E-state index is -0.567. The fraction of sp³-hybridized carbons (Fsp3) is 0.129. The van der Waals surface area contributed by atoms with Crippen molar-refractivity contribution in [3.05, 3.63) is 135 Å². The fourth-order valence-corrected chi connectivity index (χ4v) is 5.64. The molecule has 0 saturated heterocycles. The molecule has 0 bridgehead atoms. The second kappa shape index (κ2) is 13.2. The molecular weight excluding hydrogens is 580 g/mol. The first-order valence-corrected chi connectivity index (χ1v) is 14.6. The van der Waals surface area contributed by atoms with Gasteiger partial charge in [0.15, 0.2) is 11.0 Å². The maximum Gasteiger partial charge on any atom is 0.319 e. The third-order valence-electron chi connectivity index (χ3n) is 6.30. The van der Waals surface area contributed by atoms with Crippen LogP contribution in [0.25, 0.3) is 5.69 Å². The zero-order valence-corrected chi connectivity index (χ0v) is 24.3. The molecule has 1 heterocycles. The first-order valence-electron chi connectivity index (χ1n) is 12.8. The fourth-order valence-electron chi connectivity index (χ4n) is 4.24. The Balaban J connectivity index is 1.51. The summed E-state index contributed by atoms with van der Waals surface area (Å²) in [6.45, 7) is 1.99. The first-order chi connectivity index (χ1) is 19.9. The molecule has 1 unspecified atom stereocenters. The van der Waals surface area contributed by atoms with Crippen molar-refractivity contribution in [2.75, 3.05) is 5.32 Å². The van der Waals surface area contributed by atoms with Crippen LogP contribution in [0.15, 0.2) is 102 Å². The van der Waals surface area contributed by atoms with Gasteiger partial charge >= 0.3 is 6.03 Å². The molecule has 1 atom stereocenters. The van der Waals surface area contributed by atoms with Crippen molar-refractivity contribution in [1.29, 1.82) is 0 Å². The normalized spacial score (nSPS) is 11.7. The minimum absolute atomic E-state index is 0.295. The summed E-state index contributed by atoms with van der Waals surface area (Å²) in [6, 6.07) is 27.9. The Hall–Kier alpha value is -3.85. The summed E-state index contributed by atoms with van der Waals surface area (Å²) >= 11 is 14.3. The highest BCUT2D eigenvalue weighted by Gasteiger charge is 2.26. The molecule has 5 rings (SSSR count). The predicted molar refractivity (Wildman–Crippen MR) is 164 cm³/mol. The maximum atomic E-state index is 13.4. The average Bonchev–Trinajstić information content (AvgIpc) is 3.38. The van der Waals surface area contributed by atoms with Gasteiger partial charge in [0.25, 0.3) is 0 Å². The molecule has 0 aliphatic rings. The van der Waals surface area contributed by atoms with Gasteiger partial charge in [-0.15, -0.1) is 10.2 Å². The second-order valence-corrected chi connectivity index (χ2v) is 11.2. The van der Waals surface area contributed by atoms with E-state index in [0.717, 1.165) is 16.7 Å². The van der Waals surface area contributed by atoms with Crippen molar-refractivity contribution in [1.82, 2.24) is 20.1 Å². The summed E-state index contributed by atoms with van der Waals surface area (Å²) in [5.74, 6) is 0.725. The molecule has 0 spiro atoms. The van der Waals surface area contributed by atoms with Crippen LogP contribution in [0.1, 0.15) is 28.6 Å². The van der Waals surface area contributed by atoms with Crippen molar-refractivity contribution in [3.8, 4) is 5.69 Å². The van der Waals surface area contributed by atoms with Crippen LogP contribution in [0.2, 0.25) is 10.0 Å². The van der Waals surface area contributed by atoms with Gasteiger partial charge in [0.2, 0.25) is 0 Å². The molecule has 10 heteroatoms. The lowest BCUT2D eigenvalue weighted by atomic mass is 10.1. The van der Waals surface area contributed by atoms with Crippen molar-refractivity contribution < 1.29 is 9.18 Å². The van der Waals surface area contributed by atoms with Gasteiger partial charge in [0, 0.05) is 22.9 Å². The number of rotatable bonds is 9. The molecular formula is C31H26Cl2FN5OS. The van der Waals surface area contributed by atoms with Gasteiger partial charge in [-0.25, -0.2) is 9.18 Å². The van der Waals surface area contributed by atoms with E-state index in [-0.39, 0.29) is 11.8 Å². The lowest BCUT2D eigenvalue weighted by Gasteiger charge is -2.21. The number of amides is 2. The molecule has 41 heavy (non-hydrogen) atoms. The molecule has 0 aliphatic heterocycles. The van der Waals surface area contributed by atoms with Crippen LogP contribution < -0.4 is 10.6 Å². The minimum Gasteiger partial charge on any atom is -0.327 e. The van der Waals surface area contributed by atoms with E-state index in [2.05, 4.69) is 20.8 Å². The molecule has 208 valence electrons. The highest BCUT2D eigenvalue weighted by Crippen LogP contribution is 2.33. The van der Waals surface area contributed by atoms with Crippen LogP contribution in [0.3, 0.4) is 0 Å².